The number of benzene rings is 2. The van der Waals surface area contributed by atoms with E-state index in [1.54, 1.807) is 30.3 Å². The number of hydrogen-bond acceptors (Lipinski definition) is 8. The number of hydrogen-bond donors (Lipinski definition) is 4. The van der Waals surface area contributed by atoms with Crippen LogP contribution >= 0.6 is 0 Å². The molecule has 164 valence electrons. The summed E-state index contributed by atoms with van der Waals surface area (Å²) in [5.41, 5.74) is 9.49. The average molecular weight is 435 g/mol. The average Bonchev–Trinajstić information content (AvgIpc) is 3.12. The lowest BCUT2D eigenvalue weighted by Gasteiger charge is -2.29. The maximum Gasteiger partial charge on any atom is 0.255 e. The van der Waals surface area contributed by atoms with Gasteiger partial charge in [0.25, 0.3) is 5.91 Å². The van der Waals surface area contributed by atoms with E-state index in [0.29, 0.717) is 28.3 Å². The van der Waals surface area contributed by atoms with E-state index in [2.05, 4.69) is 15.7 Å². The van der Waals surface area contributed by atoms with Crippen LogP contribution in [-0.4, -0.2) is 40.4 Å². The van der Waals surface area contributed by atoms with E-state index in [0.717, 1.165) is 0 Å². The van der Waals surface area contributed by atoms with Gasteiger partial charge in [0.1, 0.15) is 29.8 Å². The van der Waals surface area contributed by atoms with Crippen LogP contribution < -0.4 is 15.4 Å². The predicted molar refractivity (Wildman–Crippen MR) is 113 cm³/mol. The highest BCUT2D eigenvalue weighted by molar-refractivity contribution is 6.05. The summed E-state index contributed by atoms with van der Waals surface area (Å²) in [6.07, 6.45) is 1.99. The third-order valence-electron chi connectivity index (χ3n) is 5.33. The Labute approximate surface area is 183 Å². The number of piperidine rings is 1. The number of nitrogens with zero attached hydrogens (tertiary/aromatic N) is 2. The summed E-state index contributed by atoms with van der Waals surface area (Å²) in [6.45, 7) is 0.178. The maximum atomic E-state index is 12.9. The summed E-state index contributed by atoms with van der Waals surface area (Å²) in [6, 6.07) is 10.8. The van der Waals surface area contributed by atoms with Crippen molar-refractivity contribution in [2.75, 3.05) is 11.9 Å². The minimum Gasteiger partial charge on any atom is -0.508 e. The van der Waals surface area contributed by atoms with Crippen molar-refractivity contribution >= 4 is 23.4 Å². The van der Waals surface area contributed by atoms with E-state index in [-0.39, 0.29) is 43.6 Å². The first-order valence-corrected chi connectivity index (χ1v) is 9.97. The number of carbonyl (C=O) groups is 3. The lowest BCUT2D eigenvalue weighted by Crippen LogP contribution is -2.52. The SMILES string of the molecule is N=N/C(=C\Nc1ccc(O)cc1)COc1cccc2c1CN(C1CCC(=O)NC1=O)C2=O. The van der Waals surface area contributed by atoms with Crippen molar-refractivity contribution in [3.05, 3.63) is 65.5 Å². The van der Waals surface area contributed by atoms with Crippen molar-refractivity contribution in [1.29, 1.82) is 5.53 Å². The van der Waals surface area contributed by atoms with Gasteiger partial charge in [-0.2, -0.15) is 5.11 Å². The number of carbonyl (C=O) groups excluding carboxylic acids is 3. The molecular formula is C22H21N5O5. The van der Waals surface area contributed by atoms with E-state index in [1.165, 1.54) is 23.2 Å². The van der Waals surface area contributed by atoms with Gasteiger partial charge in [-0.05, 0) is 42.8 Å². The molecule has 2 aromatic carbocycles. The fourth-order valence-corrected chi connectivity index (χ4v) is 3.67. The van der Waals surface area contributed by atoms with Crippen LogP contribution in [0.3, 0.4) is 0 Å². The van der Waals surface area contributed by atoms with E-state index in [1.807, 2.05) is 0 Å². The smallest absolute Gasteiger partial charge is 0.255 e. The molecule has 0 spiro atoms. The molecule has 4 N–H and O–H groups in total. The maximum absolute atomic E-state index is 12.9. The molecule has 32 heavy (non-hydrogen) atoms. The first kappa shape index (κ1) is 21.0. The molecule has 0 aliphatic carbocycles. The number of nitrogens with one attached hydrogen (secondary N) is 3. The van der Waals surface area contributed by atoms with E-state index in [4.69, 9.17) is 10.3 Å². The van der Waals surface area contributed by atoms with Crippen LogP contribution in [0.1, 0.15) is 28.8 Å². The van der Waals surface area contributed by atoms with Crippen LogP contribution in [-0.2, 0) is 16.1 Å². The number of anilines is 1. The van der Waals surface area contributed by atoms with Gasteiger partial charge < -0.3 is 20.1 Å². The predicted octanol–water partition coefficient (Wildman–Crippen LogP) is 2.52. The zero-order valence-corrected chi connectivity index (χ0v) is 17.0. The minimum absolute atomic E-state index is 0.0162. The summed E-state index contributed by atoms with van der Waals surface area (Å²) in [7, 11) is 0. The molecule has 2 heterocycles. The molecule has 0 radical (unpaired) electrons. The van der Waals surface area contributed by atoms with Gasteiger partial charge in [-0.1, -0.05) is 6.07 Å². The molecule has 0 bridgehead atoms. The Morgan fingerprint density at radius 2 is 2.03 bits per heavy atom. The molecule has 3 amide bonds. The molecule has 0 saturated carbocycles. The first-order chi connectivity index (χ1) is 15.5. The molecule has 4 rings (SSSR count). The van der Waals surface area contributed by atoms with E-state index >= 15 is 0 Å². The number of aromatic hydroxyl groups is 1. The van der Waals surface area contributed by atoms with Gasteiger partial charge in [0.15, 0.2) is 0 Å². The van der Waals surface area contributed by atoms with E-state index < -0.39 is 11.9 Å². The Morgan fingerprint density at radius 3 is 2.75 bits per heavy atom. The molecule has 1 atom stereocenters. The monoisotopic (exact) mass is 435 g/mol. The van der Waals surface area contributed by atoms with Gasteiger partial charge in [0.05, 0.1) is 6.54 Å². The van der Waals surface area contributed by atoms with Crippen LogP contribution in [0.25, 0.3) is 0 Å². The number of imide groups is 1. The number of rotatable bonds is 7. The Morgan fingerprint density at radius 1 is 1.25 bits per heavy atom. The second kappa shape index (κ2) is 8.88. The largest absolute Gasteiger partial charge is 0.508 e. The van der Waals surface area contributed by atoms with Crippen LogP contribution in [0, 0.1) is 5.53 Å². The number of ether oxygens (including phenoxy) is 1. The molecule has 2 aromatic rings. The molecule has 0 aromatic heterocycles. The molecule has 1 saturated heterocycles. The van der Waals surface area contributed by atoms with Crippen molar-refractivity contribution < 1.29 is 24.2 Å². The zero-order chi connectivity index (χ0) is 22.7. The molecule has 10 heteroatoms. The van der Waals surface area contributed by atoms with E-state index in [9.17, 15) is 19.5 Å². The summed E-state index contributed by atoms with van der Waals surface area (Å²) in [5, 5.41) is 18.1. The fraction of sp³-hybridized carbons (Fsp3) is 0.227. The molecule has 10 nitrogen and oxygen atoms in total. The second-order valence-corrected chi connectivity index (χ2v) is 7.41. The summed E-state index contributed by atoms with van der Waals surface area (Å²) in [4.78, 5) is 38.0. The van der Waals surface area contributed by atoms with Crippen LogP contribution in [0.2, 0.25) is 0 Å². The second-order valence-electron chi connectivity index (χ2n) is 7.41. The van der Waals surface area contributed by atoms with Crippen molar-refractivity contribution in [2.45, 2.75) is 25.4 Å². The van der Waals surface area contributed by atoms with Gasteiger partial charge in [-0.15, -0.1) is 0 Å². The number of phenols is 1. The zero-order valence-electron chi connectivity index (χ0n) is 17.0. The Hall–Kier alpha value is -4.21. The standard InChI is InChI=1S/C22H21N5O5/c23-26-14(10-24-13-4-6-15(28)7-5-13)12-32-19-3-1-2-16-17(19)11-27(22(16)31)18-8-9-20(29)25-21(18)30/h1-7,10,18,23-24,28H,8-9,11-12H2,(H,25,29,30)/b14-10-,26-23?. The molecule has 1 fully saturated rings. The van der Waals surface area contributed by atoms with Gasteiger partial charge in [-0.25, -0.2) is 5.53 Å². The highest BCUT2D eigenvalue weighted by Gasteiger charge is 2.40. The minimum atomic E-state index is -0.700. The van der Waals surface area contributed by atoms with Crippen molar-refractivity contribution in [3.8, 4) is 11.5 Å². The lowest BCUT2D eigenvalue weighted by atomic mass is 10.0. The third kappa shape index (κ3) is 4.29. The number of phenolic OH excluding ortho intramolecular Hbond substituents is 1. The molecule has 1 unspecified atom stereocenters. The lowest BCUT2D eigenvalue weighted by molar-refractivity contribution is -0.136. The molecule has 2 aliphatic heterocycles. The van der Waals surface area contributed by atoms with Gasteiger partial charge in [0.2, 0.25) is 11.8 Å². The van der Waals surface area contributed by atoms with Gasteiger partial charge in [-0.3, -0.25) is 19.7 Å². The van der Waals surface area contributed by atoms with Gasteiger partial charge in [0, 0.05) is 29.4 Å². The Kier molecular flexibility index (Phi) is 5.84. The topological polar surface area (TPSA) is 144 Å². The Balaban J connectivity index is 1.45. The summed E-state index contributed by atoms with van der Waals surface area (Å²) >= 11 is 0. The highest BCUT2D eigenvalue weighted by atomic mass is 16.5. The van der Waals surface area contributed by atoms with Crippen LogP contribution in [0.15, 0.2) is 59.5 Å². The molecular weight excluding hydrogens is 414 g/mol. The van der Waals surface area contributed by atoms with Crippen molar-refractivity contribution in [2.24, 2.45) is 5.11 Å². The molecule has 2 aliphatic rings. The quantitative estimate of drug-likeness (QED) is 0.299. The van der Waals surface area contributed by atoms with Gasteiger partial charge >= 0.3 is 0 Å². The third-order valence-corrected chi connectivity index (χ3v) is 5.33. The summed E-state index contributed by atoms with van der Waals surface area (Å²) in [5.74, 6) is -0.478. The van der Waals surface area contributed by atoms with Crippen molar-refractivity contribution in [1.82, 2.24) is 10.2 Å². The van der Waals surface area contributed by atoms with Crippen LogP contribution in [0.4, 0.5) is 5.69 Å². The number of amides is 3. The van der Waals surface area contributed by atoms with Crippen molar-refractivity contribution in [3.63, 3.8) is 0 Å². The Bertz CT molecular complexity index is 1110. The number of fused-ring (bicyclic) bond motifs is 1. The first-order valence-electron chi connectivity index (χ1n) is 9.97. The highest BCUT2D eigenvalue weighted by Crippen LogP contribution is 2.33. The normalized spacial score (nSPS) is 18.2. The summed E-state index contributed by atoms with van der Waals surface area (Å²) < 4.78 is 5.84. The van der Waals surface area contributed by atoms with Crippen LogP contribution in [0.5, 0.6) is 11.5 Å². The fourth-order valence-electron chi connectivity index (χ4n) is 3.67.